The van der Waals surface area contributed by atoms with E-state index in [1.807, 2.05) is 26.2 Å². The second kappa shape index (κ2) is 6.43. The summed E-state index contributed by atoms with van der Waals surface area (Å²) in [6, 6.07) is 5.47. The number of fused-ring (bicyclic) bond motifs is 1. The van der Waals surface area contributed by atoms with Gasteiger partial charge < -0.3 is 16.0 Å². The second-order valence-electron chi connectivity index (χ2n) is 4.90. The predicted octanol–water partition coefficient (Wildman–Crippen LogP) is 2.82. The van der Waals surface area contributed by atoms with E-state index in [9.17, 15) is 4.79 Å². The van der Waals surface area contributed by atoms with Crippen LogP contribution in [-0.2, 0) is 0 Å². The van der Waals surface area contributed by atoms with Crippen LogP contribution in [0.5, 0.6) is 0 Å². The molecule has 4 nitrogen and oxygen atoms in total. The van der Waals surface area contributed by atoms with Crippen LogP contribution in [0, 0.1) is 0 Å². The molecule has 0 aliphatic carbocycles. The monoisotopic (exact) mass is 311 g/mol. The molecule has 108 valence electrons. The molecule has 0 fully saturated rings. The summed E-state index contributed by atoms with van der Waals surface area (Å²) in [5.41, 5.74) is 6.57. The topological polar surface area (TPSA) is 58.4 Å². The number of carbonyl (C=O) groups excluding carboxylic acids is 1. The number of thiophene rings is 1. The highest BCUT2D eigenvalue weighted by Crippen LogP contribution is 2.35. The maximum absolute atomic E-state index is 12.1. The van der Waals surface area contributed by atoms with Crippen molar-refractivity contribution in [3.05, 3.63) is 28.1 Å². The van der Waals surface area contributed by atoms with Crippen molar-refractivity contribution in [1.29, 1.82) is 0 Å². The van der Waals surface area contributed by atoms with Gasteiger partial charge in [-0.15, -0.1) is 11.3 Å². The molecule has 0 aliphatic rings. The molecule has 0 aliphatic heterocycles. The first-order valence-electron chi connectivity index (χ1n) is 6.39. The lowest BCUT2D eigenvalue weighted by molar-refractivity contribution is 0.0957. The van der Waals surface area contributed by atoms with E-state index in [1.165, 1.54) is 11.3 Å². The fourth-order valence-corrected chi connectivity index (χ4v) is 3.25. The van der Waals surface area contributed by atoms with Gasteiger partial charge in [0.1, 0.15) is 4.88 Å². The highest BCUT2D eigenvalue weighted by molar-refractivity contribution is 7.21. The van der Waals surface area contributed by atoms with Crippen LogP contribution >= 0.6 is 22.9 Å². The highest BCUT2D eigenvalue weighted by atomic mass is 35.5. The van der Waals surface area contributed by atoms with Gasteiger partial charge in [-0.05, 0) is 45.3 Å². The van der Waals surface area contributed by atoms with E-state index in [0.29, 0.717) is 22.1 Å². The molecular weight excluding hydrogens is 294 g/mol. The highest BCUT2D eigenvalue weighted by Gasteiger charge is 2.16. The zero-order valence-electron chi connectivity index (χ0n) is 11.6. The van der Waals surface area contributed by atoms with Crippen LogP contribution in [0.2, 0.25) is 5.02 Å². The number of hydrogen-bond acceptors (Lipinski definition) is 4. The maximum atomic E-state index is 12.1. The van der Waals surface area contributed by atoms with Crippen LogP contribution in [0.15, 0.2) is 18.2 Å². The molecule has 0 unspecified atom stereocenters. The smallest absolute Gasteiger partial charge is 0.263 e. The van der Waals surface area contributed by atoms with Gasteiger partial charge in [0, 0.05) is 21.7 Å². The third-order valence-electron chi connectivity index (χ3n) is 2.96. The average Bonchev–Trinajstić information content (AvgIpc) is 2.71. The van der Waals surface area contributed by atoms with Gasteiger partial charge in [-0.3, -0.25) is 4.79 Å². The molecule has 20 heavy (non-hydrogen) atoms. The molecule has 0 saturated carbocycles. The molecule has 3 N–H and O–H groups in total. The first-order chi connectivity index (χ1) is 9.49. The van der Waals surface area contributed by atoms with Crippen molar-refractivity contribution in [3.8, 4) is 0 Å². The number of hydrogen-bond donors (Lipinski definition) is 2. The van der Waals surface area contributed by atoms with E-state index in [1.54, 1.807) is 6.07 Å². The van der Waals surface area contributed by atoms with Gasteiger partial charge in [-0.1, -0.05) is 11.6 Å². The number of nitrogen functional groups attached to an aromatic ring is 1. The van der Waals surface area contributed by atoms with Gasteiger partial charge in [0.2, 0.25) is 0 Å². The zero-order valence-corrected chi connectivity index (χ0v) is 13.1. The Labute approximate surface area is 127 Å². The molecule has 1 aromatic heterocycles. The molecule has 1 heterocycles. The minimum Gasteiger partial charge on any atom is -0.397 e. The molecule has 0 saturated heterocycles. The number of nitrogens with two attached hydrogens (primary N) is 1. The standard InChI is InChI=1S/C14H18ClN3OS/c1-18(2)7-3-6-17-14(19)13-12(16)10-5-4-9(15)8-11(10)20-13/h4-5,8H,3,6-7,16H2,1-2H3,(H,17,19). The number of amides is 1. The Balaban J connectivity index is 2.08. The van der Waals surface area contributed by atoms with Gasteiger partial charge in [0.15, 0.2) is 0 Å². The molecular formula is C14H18ClN3OS. The third kappa shape index (κ3) is 3.42. The summed E-state index contributed by atoms with van der Waals surface area (Å²) >= 11 is 7.33. The largest absolute Gasteiger partial charge is 0.397 e. The van der Waals surface area contributed by atoms with E-state index in [0.717, 1.165) is 23.1 Å². The molecule has 2 aromatic rings. The average molecular weight is 312 g/mol. The minimum atomic E-state index is -0.112. The van der Waals surface area contributed by atoms with Crippen molar-refractivity contribution in [1.82, 2.24) is 10.2 Å². The molecule has 0 atom stereocenters. The molecule has 1 amide bonds. The van der Waals surface area contributed by atoms with Crippen LogP contribution in [0.3, 0.4) is 0 Å². The molecule has 0 radical (unpaired) electrons. The Bertz CT molecular complexity index is 624. The quantitative estimate of drug-likeness (QED) is 0.835. The Morgan fingerprint density at radius 1 is 1.45 bits per heavy atom. The van der Waals surface area contributed by atoms with Gasteiger partial charge in [0.25, 0.3) is 5.91 Å². The Morgan fingerprint density at radius 2 is 2.20 bits per heavy atom. The van der Waals surface area contributed by atoms with E-state index in [4.69, 9.17) is 17.3 Å². The van der Waals surface area contributed by atoms with Crippen LogP contribution in [-0.4, -0.2) is 38.0 Å². The van der Waals surface area contributed by atoms with Gasteiger partial charge >= 0.3 is 0 Å². The van der Waals surface area contributed by atoms with Crippen LogP contribution in [0.4, 0.5) is 5.69 Å². The fraction of sp³-hybridized carbons (Fsp3) is 0.357. The second-order valence-corrected chi connectivity index (χ2v) is 6.39. The van der Waals surface area contributed by atoms with Crippen molar-refractivity contribution < 1.29 is 4.79 Å². The number of anilines is 1. The lowest BCUT2D eigenvalue weighted by atomic mass is 10.2. The maximum Gasteiger partial charge on any atom is 0.263 e. The van der Waals surface area contributed by atoms with Gasteiger partial charge in [0.05, 0.1) is 5.69 Å². The first-order valence-corrected chi connectivity index (χ1v) is 7.59. The van der Waals surface area contributed by atoms with Crippen molar-refractivity contribution >= 4 is 44.6 Å². The summed E-state index contributed by atoms with van der Waals surface area (Å²) < 4.78 is 0.938. The Kier molecular flexibility index (Phi) is 4.86. The molecule has 0 spiro atoms. The Hall–Kier alpha value is -1.30. The summed E-state index contributed by atoms with van der Waals surface area (Å²) in [5.74, 6) is -0.112. The molecule has 1 aromatic carbocycles. The van der Waals surface area contributed by atoms with E-state index < -0.39 is 0 Å². The normalized spacial score (nSPS) is 11.2. The number of nitrogens with one attached hydrogen (secondary N) is 1. The van der Waals surface area contributed by atoms with Crippen molar-refractivity contribution in [2.45, 2.75) is 6.42 Å². The van der Waals surface area contributed by atoms with E-state index >= 15 is 0 Å². The number of benzene rings is 1. The number of rotatable bonds is 5. The summed E-state index contributed by atoms with van der Waals surface area (Å²) in [5, 5.41) is 4.44. The summed E-state index contributed by atoms with van der Waals surface area (Å²) in [7, 11) is 4.02. The van der Waals surface area contributed by atoms with Gasteiger partial charge in [-0.2, -0.15) is 0 Å². The summed E-state index contributed by atoms with van der Waals surface area (Å²) in [6.07, 6.45) is 0.912. The summed E-state index contributed by atoms with van der Waals surface area (Å²) in [4.78, 5) is 14.8. The predicted molar refractivity (Wildman–Crippen MR) is 86.8 cm³/mol. The van der Waals surface area contributed by atoms with Gasteiger partial charge in [-0.25, -0.2) is 0 Å². The third-order valence-corrected chi connectivity index (χ3v) is 4.37. The Morgan fingerprint density at radius 3 is 2.90 bits per heavy atom. The van der Waals surface area contributed by atoms with Crippen molar-refractivity contribution in [2.75, 3.05) is 32.9 Å². The lowest BCUT2D eigenvalue weighted by Crippen LogP contribution is -2.26. The molecule has 2 rings (SSSR count). The van der Waals surface area contributed by atoms with Crippen molar-refractivity contribution in [2.24, 2.45) is 0 Å². The molecule has 0 bridgehead atoms. The van der Waals surface area contributed by atoms with Crippen LogP contribution in [0.1, 0.15) is 16.1 Å². The molecule has 6 heteroatoms. The van der Waals surface area contributed by atoms with E-state index in [2.05, 4.69) is 10.2 Å². The number of nitrogens with zero attached hydrogens (tertiary/aromatic N) is 1. The fourth-order valence-electron chi connectivity index (χ4n) is 1.94. The minimum absolute atomic E-state index is 0.112. The lowest BCUT2D eigenvalue weighted by Gasteiger charge is -2.09. The van der Waals surface area contributed by atoms with E-state index in [-0.39, 0.29) is 5.91 Å². The first kappa shape index (κ1) is 15.1. The summed E-state index contributed by atoms with van der Waals surface area (Å²) in [6.45, 7) is 1.59. The van der Waals surface area contributed by atoms with Crippen LogP contribution < -0.4 is 11.1 Å². The van der Waals surface area contributed by atoms with Crippen molar-refractivity contribution in [3.63, 3.8) is 0 Å². The SMILES string of the molecule is CN(C)CCCNC(=O)c1sc2cc(Cl)ccc2c1N. The zero-order chi connectivity index (χ0) is 14.7. The number of halogens is 1. The van der Waals surface area contributed by atoms with Crippen LogP contribution in [0.25, 0.3) is 10.1 Å². The number of carbonyl (C=O) groups is 1.